The third-order valence-corrected chi connectivity index (χ3v) is 5.81. The third-order valence-electron chi connectivity index (χ3n) is 5.81. The molecule has 5 rings (SSSR count). The number of halogens is 1. The van der Waals surface area contributed by atoms with Crippen molar-refractivity contribution in [3.63, 3.8) is 0 Å². The van der Waals surface area contributed by atoms with E-state index in [2.05, 4.69) is 11.1 Å². The lowest BCUT2D eigenvalue weighted by atomic mass is 9.83. The van der Waals surface area contributed by atoms with Crippen molar-refractivity contribution in [3.8, 4) is 22.9 Å². The lowest BCUT2D eigenvalue weighted by Gasteiger charge is -2.26. The molecule has 2 aromatic heterocycles. The van der Waals surface area contributed by atoms with Gasteiger partial charge in [0.25, 0.3) is 0 Å². The topological polar surface area (TPSA) is 102 Å². The lowest BCUT2D eigenvalue weighted by molar-refractivity contribution is 0.388. The summed E-state index contributed by atoms with van der Waals surface area (Å²) in [7, 11) is 0. The van der Waals surface area contributed by atoms with Crippen molar-refractivity contribution in [3.05, 3.63) is 105 Å². The van der Waals surface area contributed by atoms with Crippen molar-refractivity contribution in [2.75, 3.05) is 0 Å². The number of hydrogen-bond acceptors (Lipinski definition) is 6. The highest BCUT2D eigenvalue weighted by Gasteiger charge is 2.35. The number of nitrogens with two attached hydrogens (primary N) is 1. The molecule has 0 radical (unpaired) electrons. The van der Waals surface area contributed by atoms with Crippen LogP contribution in [0, 0.1) is 31.1 Å². The van der Waals surface area contributed by atoms with Gasteiger partial charge in [-0.25, -0.2) is 9.78 Å². The molecule has 0 aliphatic carbocycles. The number of benzene rings is 2. The predicted molar refractivity (Wildman–Crippen MR) is 132 cm³/mol. The second-order valence-electron chi connectivity index (χ2n) is 8.01. The van der Waals surface area contributed by atoms with Crippen LogP contribution in [0.25, 0.3) is 22.1 Å². The van der Waals surface area contributed by atoms with Crippen molar-refractivity contribution in [2.45, 2.75) is 33.6 Å². The maximum absolute atomic E-state index is 13.5. The average molecular weight is 470 g/mol. The second-order valence-corrected chi connectivity index (χ2v) is 8.01. The van der Waals surface area contributed by atoms with E-state index < -0.39 is 17.5 Å². The van der Waals surface area contributed by atoms with Crippen molar-refractivity contribution < 1.29 is 13.5 Å². The predicted octanol–water partition coefficient (Wildman–Crippen LogP) is 5.86. The standard InChI is InChI=1S/C26H18FN3O3.C2H6/c1-13-3-8-20-18(9-13)23-22(26(31)32-20)21(19(11-28)25(29)33-23)16-6-4-15(5-7-16)17-10-14(2)24(27)30-12-17;1-2/h3-10,12,21H,29H2,1-2H3;1-2H3. The van der Waals surface area contributed by atoms with Gasteiger partial charge in [0.15, 0.2) is 5.75 Å². The molecule has 0 bridgehead atoms. The zero-order chi connectivity index (χ0) is 25.3. The number of nitrogens with zero attached hydrogens (tertiary/aromatic N) is 2. The molecule has 3 heterocycles. The maximum Gasteiger partial charge on any atom is 0.344 e. The summed E-state index contributed by atoms with van der Waals surface area (Å²) in [5.74, 6) is -1.01. The van der Waals surface area contributed by atoms with Gasteiger partial charge in [-0.3, -0.25) is 0 Å². The highest BCUT2D eigenvalue weighted by atomic mass is 19.1. The minimum absolute atomic E-state index is 0.0501. The second kappa shape index (κ2) is 9.43. The van der Waals surface area contributed by atoms with Gasteiger partial charge in [-0.1, -0.05) is 49.7 Å². The number of allylic oxidation sites excluding steroid dienone is 1. The van der Waals surface area contributed by atoms with Crippen LogP contribution in [-0.2, 0) is 0 Å². The Hall–Kier alpha value is -4.44. The van der Waals surface area contributed by atoms with Gasteiger partial charge in [-0.05, 0) is 43.2 Å². The fourth-order valence-electron chi connectivity index (χ4n) is 4.15. The zero-order valence-corrected chi connectivity index (χ0v) is 19.8. The van der Waals surface area contributed by atoms with E-state index >= 15 is 0 Å². The molecule has 2 N–H and O–H groups in total. The van der Waals surface area contributed by atoms with Gasteiger partial charge in [-0.15, -0.1) is 0 Å². The number of nitriles is 1. The number of rotatable bonds is 2. The molecule has 4 aromatic rings. The van der Waals surface area contributed by atoms with E-state index in [1.54, 1.807) is 31.2 Å². The molecule has 1 unspecified atom stereocenters. The smallest absolute Gasteiger partial charge is 0.344 e. The van der Waals surface area contributed by atoms with Crippen LogP contribution in [0.4, 0.5) is 4.39 Å². The van der Waals surface area contributed by atoms with Crippen LogP contribution in [0.15, 0.2) is 75.4 Å². The first-order chi connectivity index (χ1) is 16.9. The van der Waals surface area contributed by atoms with Crippen LogP contribution in [0.2, 0.25) is 0 Å². The molecular formula is C28H24FN3O3. The van der Waals surface area contributed by atoms with E-state index in [1.165, 1.54) is 6.20 Å². The Morgan fingerprint density at radius 1 is 1.06 bits per heavy atom. The Balaban J connectivity index is 0.00000141. The van der Waals surface area contributed by atoms with Gasteiger partial charge in [0, 0.05) is 17.3 Å². The Morgan fingerprint density at radius 2 is 1.77 bits per heavy atom. The Morgan fingerprint density at radius 3 is 2.43 bits per heavy atom. The summed E-state index contributed by atoms with van der Waals surface area (Å²) in [4.78, 5) is 16.8. The van der Waals surface area contributed by atoms with Crippen LogP contribution >= 0.6 is 0 Å². The SMILES string of the molecule is CC.Cc1ccc2oc(=O)c3c(c2c1)OC(N)=C(C#N)C3c1ccc(-c2cnc(F)c(C)c2)cc1. The van der Waals surface area contributed by atoms with Gasteiger partial charge in [0.05, 0.1) is 16.9 Å². The molecule has 0 saturated carbocycles. The van der Waals surface area contributed by atoms with Crippen molar-refractivity contribution in [1.29, 1.82) is 5.26 Å². The van der Waals surface area contributed by atoms with Crippen LogP contribution in [0.1, 0.15) is 42.0 Å². The molecule has 0 amide bonds. The minimum Gasteiger partial charge on any atom is -0.439 e. The summed E-state index contributed by atoms with van der Waals surface area (Å²) in [5, 5.41) is 10.4. The lowest BCUT2D eigenvalue weighted by Crippen LogP contribution is -2.26. The fourth-order valence-corrected chi connectivity index (χ4v) is 4.15. The highest BCUT2D eigenvalue weighted by Crippen LogP contribution is 2.43. The maximum atomic E-state index is 13.5. The minimum atomic E-state index is -0.748. The van der Waals surface area contributed by atoms with Crippen molar-refractivity contribution in [2.24, 2.45) is 5.73 Å². The van der Waals surface area contributed by atoms with E-state index in [9.17, 15) is 14.4 Å². The van der Waals surface area contributed by atoms with Gasteiger partial charge in [0.2, 0.25) is 11.8 Å². The summed E-state index contributed by atoms with van der Waals surface area (Å²) in [5.41, 5.74) is 9.92. The first-order valence-corrected chi connectivity index (χ1v) is 11.2. The molecule has 1 atom stereocenters. The summed E-state index contributed by atoms with van der Waals surface area (Å²) >= 11 is 0. The highest BCUT2D eigenvalue weighted by molar-refractivity contribution is 5.86. The van der Waals surface area contributed by atoms with E-state index in [0.29, 0.717) is 27.8 Å². The first kappa shape index (κ1) is 23.7. The van der Waals surface area contributed by atoms with Gasteiger partial charge < -0.3 is 14.9 Å². The summed E-state index contributed by atoms with van der Waals surface area (Å²) in [6.07, 6.45) is 1.46. The number of aryl methyl sites for hydroxylation is 2. The van der Waals surface area contributed by atoms with Gasteiger partial charge >= 0.3 is 5.63 Å². The molecule has 7 heteroatoms. The van der Waals surface area contributed by atoms with Crippen LogP contribution < -0.4 is 16.1 Å². The van der Waals surface area contributed by atoms with Crippen LogP contribution in [0.5, 0.6) is 5.75 Å². The molecule has 6 nitrogen and oxygen atoms in total. The fraction of sp³-hybridized carbons (Fsp3) is 0.179. The third kappa shape index (κ3) is 4.15. The monoisotopic (exact) mass is 469 g/mol. The Bertz CT molecular complexity index is 1560. The molecular weight excluding hydrogens is 445 g/mol. The molecule has 1 aliphatic heterocycles. The number of aromatic nitrogens is 1. The molecule has 35 heavy (non-hydrogen) atoms. The van der Waals surface area contributed by atoms with Crippen molar-refractivity contribution >= 4 is 11.0 Å². The van der Waals surface area contributed by atoms with Gasteiger partial charge in [0.1, 0.15) is 17.2 Å². The largest absolute Gasteiger partial charge is 0.439 e. The van der Waals surface area contributed by atoms with E-state index in [1.807, 2.05) is 45.0 Å². The number of ether oxygens (including phenoxy) is 1. The normalized spacial score (nSPS) is 14.5. The Labute approximate surface area is 202 Å². The number of hydrogen-bond donors (Lipinski definition) is 1. The van der Waals surface area contributed by atoms with E-state index in [0.717, 1.165) is 16.7 Å². The number of fused-ring (bicyclic) bond motifs is 3. The van der Waals surface area contributed by atoms with Crippen LogP contribution in [-0.4, -0.2) is 4.98 Å². The average Bonchev–Trinajstić information content (AvgIpc) is 2.87. The first-order valence-electron chi connectivity index (χ1n) is 11.2. The summed E-state index contributed by atoms with van der Waals surface area (Å²) in [6.45, 7) is 7.57. The summed E-state index contributed by atoms with van der Waals surface area (Å²) in [6, 6.07) is 16.5. The summed E-state index contributed by atoms with van der Waals surface area (Å²) < 4.78 is 24.9. The van der Waals surface area contributed by atoms with E-state index in [4.69, 9.17) is 14.9 Å². The zero-order valence-electron chi connectivity index (χ0n) is 19.8. The van der Waals surface area contributed by atoms with Crippen molar-refractivity contribution in [1.82, 2.24) is 4.98 Å². The van der Waals surface area contributed by atoms with Gasteiger partial charge in [-0.2, -0.15) is 9.65 Å². The molecule has 176 valence electrons. The molecule has 0 fully saturated rings. The van der Waals surface area contributed by atoms with Crippen LogP contribution in [0.3, 0.4) is 0 Å². The quantitative estimate of drug-likeness (QED) is 0.292. The molecule has 2 aromatic carbocycles. The van der Waals surface area contributed by atoms with E-state index in [-0.39, 0.29) is 17.0 Å². The Kier molecular flexibility index (Phi) is 6.39. The molecule has 0 saturated heterocycles. The molecule has 1 aliphatic rings. The number of pyridine rings is 1. The molecule has 0 spiro atoms.